The summed E-state index contributed by atoms with van der Waals surface area (Å²) in [4.78, 5) is 39.8. The summed E-state index contributed by atoms with van der Waals surface area (Å²) in [5.74, 6) is -0.838. The van der Waals surface area contributed by atoms with Gasteiger partial charge in [-0.05, 0) is 24.8 Å². The maximum Gasteiger partial charge on any atom is 0.325 e. The van der Waals surface area contributed by atoms with Crippen molar-refractivity contribution in [3.8, 4) is 0 Å². The third kappa shape index (κ3) is 3.19. The van der Waals surface area contributed by atoms with E-state index >= 15 is 0 Å². The van der Waals surface area contributed by atoms with Crippen molar-refractivity contribution >= 4 is 24.7 Å². The van der Waals surface area contributed by atoms with Gasteiger partial charge in [-0.1, -0.05) is 0 Å². The van der Waals surface area contributed by atoms with Gasteiger partial charge in [0.2, 0.25) is 5.95 Å². The van der Waals surface area contributed by atoms with E-state index in [4.69, 9.17) is 15.5 Å². The summed E-state index contributed by atoms with van der Waals surface area (Å²) in [6.45, 7) is 0. The Morgan fingerprint density at radius 1 is 1.52 bits per heavy atom. The van der Waals surface area contributed by atoms with Crippen molar-refractivity contribution in [2.24, 2.45) is 5.92 Å². The van der Waals surface area contributed by atoms with E-state index in [1.807, 2.05) is 0 Å². The lowest BCUT2D eigenvalue weighted by Crippen LogP contribution is -2.14. The average Bonchev–Trinajstić information content (AvgIpc) is 2.99. The molecule has 3 rings (SSSR count). The van der Waals surface area contributed by atoms with Crippen LogP contribution in [-0.4, -0.2) is 35.5 Å². The predicted octanol–water partition coefficient (Wildman–Crippen LogP) is 0.684. The molecule has 1 aliphatic carbocycles. The largest absolute Gasteiger partial charge is 0.369 e. The molecule has 2 atom stereocenters. The van der Waals surface area contributed by atoms with Crippen LogP contribution in [0.1, 0.15) is 18.9 Å². The Labute approximate surface area is 129 Å². The van der Waals surface area contributed by atoms with E-state index in [2.05, 4.69) is 15.0 Å². The molecule has 0 fully saturated rings. The fourth-order valence-electron chi connectivity index (χ4n) is 2.76. The molecule has 2 heterocycles. The molecule has 0 aliphatic heterocycles. The van der Waals surface area contributed by atoms with Crippen molar-refractivity contribution in [2.45, 2.75) is 18.9 Å². The van der Waals surface area contributed by atoms with Crippen LogP contribution in [0.2, 0.25) is 0 Å². The summed E-state index contributed by atoms with van der Waals surface area (Å²) in [7, 11) is -4.12. The smallest absolute Gasteiger partial charge is 0.325 e. The minimum Gasteiger partial charge on any atom is -0.369 e. The highest BCUT2D eigenvalue weighted by atomic mass is 31.2. The van der Waals surface area contributed by atoms with E-state index < -0.39 is 25.0 Å². The van der Waals surface area contributed by atoms with Gasteiger partial charge in [0, 0.05) is 0 Å². The number of nitrogens with one attached hydrogen (secondary N) is 1. The molecular formula is C12H15FN5O4P. The summed E-state index contributed by atoms with van der Waals surface area (Å²) in [5.41, 5.74) is 5.24. The van der Waals surface area contributed by atoms with E-state index in [0.29, 0.717) is 6.42 Å². The molecule has 0 aromatic carbocycles. The fourth-order valence-corrected chi connectivity index (χ4v) is 3.42. The summed E-state index contributed by atoms with van der Waals surface area (Å²) >= 11 is 0. The van der Waals surface area contributed by atoms with Crippen LogP contribution in [-0.2, 0) is 4.57 Å². The first-order valence-electron chi connectivity index (χ1n) is 6.89. The first kappa shape index (κ1) is 15.9. The first-order chi connectivity index (χ1) is 10.7. The van der Waals surface area contributed by atoms with Crippen molar-refractivity contribution in [1.29, 1.82) is 0 Å². The fraction of sp³-hybridized carbons (Fsp3) is 0.417. The number of nitrogen functional groups attached to an aromatic ring is 1. The number of aromatic nitrogens is 4. The zero-order valence-electron chi connectivity index (χ0n) is 11.9. The number of H-pyrrole nitrogens is 1. The van der Waals surface area contributed by atoms with Gasteiger partial charge in [0.15, 0.2) is 11.2 Å². The number of nitrogens with two attached hydrogens (primary N) is 1. The second kappa shape index (κ2) is 5.55. The molecule has 0 radical (unpaired) electrons. The number of allylic oxidation sites excluding steroid dienone is 2. The molecule has 9 nitrogen and oxygen atoms in total. The number of hydrogen-bond donors (Lipinski definition) is 4. The highest BCUT2D eigenvalue weighted by Gasteiger charge is 2.31. The number of halogens is 1. The second-order valence-electron chi connectivity index (χ2n) is 5.52. The van der Waals surface area contributed by atoms with Gasteiger partial charge < -0.3 is 20.1 Å². The van der Waals surface area contributed by atoms with Crippen LogP contribution in [0.25, 0.3) is 11.2 Å². The zero-order valence-corrected chi connectivity index (χ0v) is 12.8. The van der Waals surface area contributed by atoms with Crippen molar-refractivity contribution < 1.29 is 18.7 Å². The lowest BCUT2D eigenvalue weighted by atomic mass is 10.1. The monoisotopic (exact) mass is 343 g/mol. The minimum atomic E-state index is -4.12. The van der Waals surface area contributed by atoms with E-state index in [1.165, 1.54) is 17.0 Å². The van der Waals surface area contributed by atoms with Crippen LogP contribution < -0.4 is 11.3 Å². The predicted molar refractivity (Wildman–Crippen MR) is 80.4 cm³/mol. The Bertz CT molecular complexity index is 885. The number of aromatic amines is 1. The maximum absolute atomic E-state index is 14.2. The Kier molecular flexibility index (Phi) is 3.83. The number of rotatable bonds is 4. The first-order valence-corrected chi connectivity index (χ1v) is 8.68. The van der Waals surface area contributed by atoms with Gasteiger partial charge >= 0.3 is 7.60 Å². The van der Waals surface area contributed by atoms with E-state index in [9.17, 15) is 13.8 Å². The maximum atomic E-state index is 14.2. The lowest BCUT2D eigenvalue weighted by Gasteiger charge is -2.14. The summed E-state index contributed by atoms with van der Waals surface area (Å²) < 4.78 is 26.6. The average molecular weight is 343 g/mol. The Morgan fingerprint density at radius 3 is 2.96 bits per heavy atom. The van der Waals surface area contributed by atoms with E-state index in [-0.39, 0.29) is 35.6 Å². The van der Waals surface area contributed by atoms with Gasteiger partial charge in [-0.25, -0.2) is 9.37 Å². The van der Waals surface area contributed by atoms with Crippen LogP contribution in [0.4, 0.5) is 10.3 Å². The van der Waals surface area contributed by atoms with Crippen molar-refractivity contribution in [1.82, 2.24) is 19.5 Å². The number of imidazole rings is 1. The van der Waals surface area contributed by atoms with Gasteiger partial charge in [-0.15, -0.1) is 0 Å². The Hall–Kier alpha value is -2.03. The Morgan fingerprint density at radius 2 is 2.26 bits per heavy atom. The van der Waals surface area contributed by atoms with Gasteiger partial charge in [-0.2, -0.15) is 4.98 Å². The molecule has 0 saturated carbocycles. The van der Waals surface area contributed by atoms with Crippen LogP contribution in [0.5, 0.6) is 0 Å². The number of anilines is 1. The van der Waals surface area contributed by atoms with Gasteiger partial charge in [0.25, 0.3) is 5.56 Å². The van der Waals surface area contributed by atoms with E-state index in [0.717, 1.165) is 0 Å². The van der Waals surface area contributed by atoms with Crippen LogP contribution in [0, 0.1) is 5.92 Å². The standard InChI is InChI=1S/C12H15FN5O4P/c13-7-3-6(1-2-23(20,21)22)4-8(7)18-5-15-9-10(18)16-12(14)17-11(9)19/h3,5-6,8H,1-2,4H2,(H2,20,21,22)(H3,14,16,17,19)/t6-,8-/m1/s1. The SMILES string of the molecule is Nc1nc2c(ncn2[C@@H]2C[C@H](CCP(=O)(O)O)C=C2F)c(=O)[nH]1. The summed E-state index contributed by atoms with van der Waals surface area (Å²) in [5, 5.41) is 0. The van der Waals surface area contributed by atoms with Crippen molar-refractivity contribution in [3.63, 3.8) is 0 Å². The normalized spacial score (nSPS) is 21.8. The van der Waals surface area contributed by atoms with Crippen molar-refractivity contribution in [2.75, 3.05) is 11.9 Å². The molecule has 11 heteroatoms. The third-order valence-electron chi connectivity index (χ3n) is 3.82. The lowest BCUT2D eigenvalue weighted by molar-refractivity contribution is 0.366. The summed E-state index contributed by atoms with van der Waals surface area (Å²) in [6.07, 6.45) is 2.85. The summed E-state index contributed by atoms with van der Waals surface area (Å²) in [6, 6.07) is -0.713. The van der Waals surface area contributed by atoms with Gasteiger partial charge in [-0.3, -0.25) is 14.3 Å². The highest BCUT2D eigenvalue weighted by molar-refractivity contribution is 7.51. The molecule has 0 saturated heterocycles. The number of hydrogen-bond acceptors (Lipinski definition) is 5. The molecule has 5 N–H and O–H groups in total. The third-order valence-corrected chi connectivity index (χ3v) is 4.66. The molecule has 0 spiro atoms. The molecule has 0 unspecified atom stereocenters. The topological polar surface area (TPSA) is 147 Å². The molecule has 2 aromatic rings. The molecule has 124 valence electrons. The molecule has 2 aromatic heterocycles. The molecular weight excluding hydrogens is 328 g/mol. The highest BCUT2D eigenvalue weighted by Crippen LogP contribution is 2.42. The van der Waals surface area contributed by atoms with Crippen LogP contribution in [0.3, 0.4) is 0 Å². The van der Waals surface area contributed by atoms with Crippen LogP contribution in [0.15, 0.2) is 23.0 Å². The second-order valence-corrected chi connectivity index (χ2v) is 7.29. The molecule has 23 heavy (non-hydrogen) atoms. The van der Waals surface area contributed by atoms with Gasteiger partial charge in [0.1, 0.15) is 5.83 Å². The van der Waals surface area contributed by atoms with Crippen molar-refractivity contribution in [3.05, 3.63) is 28.6 Å². The Balaban J connectivity index is 1.88. The zero-order chi connectivity index (χ0) is 16.8. The molecule has 1 aliphatic rings. The minimum absolute atomic E-state index is 0.0608. The van der Waals surface area contributed by atoms with Gasteiger partial charge in [0.05, 0.1) is 18.5 Å². The number of nitrogens with zero attached hydrogens (tertiary/aromatic N) is 3. The molecule has 0 bridgehead atoms. The van der Waals surface area contributed by atoms with Crippen LogP contribution >= 0.6 is 7.60 Å². The molecule has 0 amide bonds. The number of fused-ring (bicyclic) bond motifs is 1. The van der Waals surface area contributed by atoms with E-state index in [1.54, 1.807) is 0 Å². The quantitative estimate of drug-likeness (QED) is 0.597.